The fraction of sp³-hybridized carbons (Fsp3) is 0.0667. The Morgan fingerprint density at radius 3 is 2.39 bits per heavy atom. The molecule has 0 amide bonds. The molecule has 23 heavy (non-hydrogen) atoms. The lowest BCUT2D eigenvalue weighted by Crippen LogP contribution is -2.26. The molecular formula is C15H13N3O3S2. The van der Waals surface area contributed by atoms with Gasteiger partial charge < -0.3 is 0 Å². The molecular weight excluding hydrogens is 334 g/mol. The zero-order valence-electron chi connectivity index (χ0n) is 12.1. The van der Waals surface area contributed by atoms with Crippen molar-refractivity contribution in [2.24, 2.45) is 0 Å². The fourth-order valence-corrected chi connectivity index (χ4v) is 4.87. The van der Waals surface area contributed by atoms with Crippen molar-refractivity contribution in [3.8, 4) is 0 Å². The molecule has 0 saturated carbocycles. The highest BCUT2D eigenvalue weighted by atomic mass is 32.2. The summed E-state index contributed by atoms with van der Waals surface area (Å²) in [4.78, 5) is 3.90. The quantitative estimate of drug-likeness (QED) is 0.725. The van der Waals surface area contributed by atoms with Crippen molar-refractivity contribution in [1.29, 1.82) is 5.41 Å². The summed E-state index contributed by atoms with van der Waals surface area (Å²) < 4.78 is 39.2. The largest absolute Gasteiger partial charge is 0.285 e. The second kappa shape index (κ2) is 5.71. The van der Waals surface area contributed by atoms with Gasteiger partial charge in [0.2, 0.25) is 9.84 Å². The Labute approximate surface area is 135 Å². The van der Waals surface area contributed by atoms with Crippen molar-refractivity contribution in [2.75, 3.05) is 6.26 Å². The van der Waals surface area contributed by atoms with Crippen molar-refractivity contribution >= 4 is 26.3 Å². The van der Waals surface area contributed by atoms with Gasteiger partial charge >= 0.3 is 0 Å². The summed E-state index contributed by atoms with van der Waals surface area (Å²) >= 11 is 0. The highest BCUT2D eigenvalue weighted by Crippen LogP contribution is 2.22. The lowest BCUT2D eigenvalue weighted by Gasteiger charge is -2.11. The molecule has 2 aromatic heterocycles. The van der Waals surface area contributed by atoms with Crippen molar-refractivity contribution in [3.63, 3.8) is 0 Å². The SMILES string of the molecule is CS(=O)c1nc2ccccn2c(=N)c1S(=O)(=O)c1ccccc1. The maximum Gasteiger partial charge on any atom is 0.213 e. The Balaban J connectivity index is 2.46. The van der Waals surface area contributed by atoms with E-state index in [0.29, 0.717) is 5.65 Å². The maximum atomic E-state index is 12.9. The number of hydrogen-bond donors (Lipinski definition) is 1. The monoisotopic (exact) mass is 347 g/mol. The third-order valence-electron chi connectivity index (χ3n) is 3.30. The number of hydrogen-bond acceptors (Lipinski definition) is 5. The third kappa shape index (κ3) is 2.60. The summed E-state index contributed by atoms with van der Waals surface area (Å²) in [5.74, 6) is 0. The molecule has 0 spiro atoms. The van der Waals surface area contributed by atoms with Gasteiger partial charge in [-0.2, -0.15) is 0 Å². The molecule has 8 heteroatoms. The Bertz CT molecular complexity index is 1070. The van der Waals surface area contributed by atoms with Crippen LogP contribution in [0.25, 0.3) is 5.65 Å². The average Bonchev–Trinajstić information content (AvgIpc) is 2.55. The van der Waals surface area contributed by atoms with Crippen LogP contribution in [-0.2, 0) is 20.6 Å². The second-order valence-corrected chi connectivity index (χ2v) is 7.98. The van der Waals surface area contributed by atoms with Gasteiger partial charge in [-0.25, -0.2) is 13.4 Å². The first-order valence-electron chi connectivity index (χ1n) is 6.62. The molecule has 6 nitrogen and oxygen atoms in total. The van der Waals surface area contributed by atoms with Gasteiger partial charge in [0, 0.05) is 12.5 Å². The smallest absolute Gasteiger partial charge is 0.213 e. The van der Waals surface area contributed by atoms with E-state index in [-0.39, 0.29) is 20.3 Å². The van der Waals surface area contributed by atoms with Crippen LogP contribution in [0, 0.1) is 5.41 Å². The number of rotatable bonds is 3. The van der Waals surface area contributed by atoms with Crippen LogP contribution in [0.15, 0.2) is 69.5 Å². The lowest BCUT2D eigenvalue weighted by molar-refractivity contribution is 0.587. The van der Waals surface area contributed by atoms with E-state index in [1.807, 2.05) is 0 Å². The lowest BCUT2D eigenvalue weighted by atomic mass is 10.4. The molecule has 3 aromatic rings. The van der Waals surface area contributed by atoms with E-state index in [2.05, 4.69) is 4.98 Å². The Morgan fingerprint density at radius 2 is 1.74 bits per heavy atom. The van der Waals surface area contributed by atoms with E-state index in [1.54, 1.807) is 42.6 Å². The molecule has 0 aliphatic carbocycles. The molecule has 0 aliphatic rings. The van der Waals surface area contributed by atoms with Gasteiger partial charge in [0.1, 0.15) is 10.5 Å². The average molecular weight is 347 g/mol. The summed E-state index contributed by atoms with van der Waals surface area (Å²) in [7, 11) is -5.65. The summed E-state index contributed by atoms with van der Waals surface area (Å²) in [6, 6.07) is 12.8. The minimum atomic E-state index is -4.00. The van der Waals surface area contributed by atoms with Crippen LogP contribution in [0.2, 0.25) is 0 Å². The third-order valence-corrected chi connectivity index (χ3v) is 6.09. The van der Waals surface area contributed by atoms with Crippen LogP contribution < -0.4 is 5.49 Å². The standard InChI is InChI=1S/C15H13N3O3S2/c1-22(19)15-13(23(20,21)11-7-3-2-4-8-11)14(16)18-10-6-5-9-12(18)17-15/h2-10,16H,1H3. The van der Waals surface area contributed by atoms with Gasteiger partial charge in [0.05, 0.1) is 15.7 Å². The van der Waals surface area contributed by atoms with E-state index in [1.165, 1.54) is 22.8 Å². The Kier molecular flexibility index (Phi) is 3.87. The summed E-state index contributed by atoms with van der Waals surface area (Å²) in [5.41, 5.74) is 0.111. The van der Waals surface area contributed by atoms with Crippen LogP contribution in [0.4, 0.5) is 0 Å². The molecule has 1 unspecified atom stereocenters. The minimum Gasteiger partial charge on any atom is -0.285 e. The molecule has 1 atom stereocenters. The number of sulfone groups is 1. The van der Waals surface area contributed by atoms with E-state index >= 15 is 0 Å². The van der Waals surface area contributed by atoms with Crippen LogP contribution >= 0.6 is 0 Å². The number of nitrogens with zero attached hydrogens (tertiary/aromatic N) is 2. The zero-order valence-corrected chi connectivity index (χ0v) is 13.8. The van der Waals surface area contributed by atoms with Crippen LogP contribution in [0.1, 0.15) is 0 Å². The summed E-state index contributed by atoms with van der Waals surface area (Å²) in [5, 5.41) is 8.18. The molecule has 1 N–H and O–H groups in total. The number of aromatic nitrogens is 2. The van der Waals surface area contributed by atoms with Crippen molar-refractivity contribution in [3.05, 3.63) is 60.2 Å². The maximum absolute atomic E-state index is 12.9. The molecule has 0 radical (unpaired) electrons. The highest BCUT2D eigenvalue weighted by Gasteiger charge is 2.27. The van der Waals surface area contributed by atoms with Crippen molar-refractivity contribution in [2.45, 2.75) is 14.8 Å². The van der Waals surface area contributed by atoms with Crippen LogP contribution in [0.3, 0.4) is 0 Å². The predicted molar refractivity (Wildman–Crippen MR) is 85.3 cm³/mol. The molecule has 0 aliphatic heterocycles. The van der Waals surface area contributed by atoms with Gasteiger partial charge in [-0.05, 0) is 24.3 Å². The van der Waals surface area contributed by atoms with Gasteiger partial charge in [-0.15, -0.1) is 0 Å². The van der Waals surface area contributed by atoms with Crippen LogP contribution in [-0.4, -0.2) is 28.3 Å². The topological polar surface area (TPSA) is 92.4 Å². The summed E-state index contributed by atoms with van der Waals surface area (Å²) in [6.45, 7) is 0. The molecule has 3 rings (SSSR count). The first-order valence-corrected chi connectivity index (χ1v) is 9.66. The highest BCUT2D eigenvalue weighted by molar-refractivity contribution is 7.92. The van der Waals surface area contributed by atoms with Gasteiger partial charge in [-0.3, -0.25) is 14.0 Å². The van der Waals surface area contributed by atoms with E-state index in [9.17, 15) is 12.6 Å². The summed E-state index contributed by atoms with van der Waals surface area (Å²) in [6.07, 6.45) is 2.91. The molecule has 2 heterocycles. The molecule has 118 valence electrons. The molecule has 0 bridgehead atoms. The van der Waals surface area contributed by atoms with Gasteiger partial charge in [0.15, 0.2) is 10.5 Å². The minimum absolute atomic E-state index is 0.0397. The first kappa shape index (κ1) is 15.6. The fourth-order valence-electron chi connectivity index (χ4n) is 2.23. The van der Waals surface area contributed by atoms with E-state index < -0.39 is 20.6 Å². The van der Waals surface area contributed by atoms with Crippen molar-refractivity contribution in [1.82, 2.24) is 9.38 Å². The molecule has 0 fully saturated rings. The number of nitrogens with one attached hydrogen (secondary N) is 1. The van der Waals surface area contributed by atoms with Crippen molar-refractivity contribution < 1.29 is 12.6 Å². The van der Waals surface area contributed by atoms with Gasteiger partial charge in [0.25, 0.3) is 0 Å². The van der Waals surface area contributed by atoms with Crippen LogP contribution in [0.5, 0.6) is 0 Å². The first-order chi connectivity index (χ1) is 10.9. The zero-order chi connectivity index (χ0) is 16.6. The molecule has 0 saturated heterocycles. The Hall–Kier alpha value is -2.32. The number of fused-ring (bicyclic) bond motifs is 1. The number of pyridine rings is 1. The van der Waals surface area contributed by atoms with Gasteiger partial charge in [-0.1, -0.05) is 24.3 Å². The van der Waals surface area contributed by atoms with E-state index in [4.69, 9.17) is 5.41 Å². The van der Waals surface area contributed by atoms with E-state index in [0.717, 1.165) is 0 Å². The number of benzene rings is 1. The normalized spacial score (nSPS) is 13.1. The second-order valence-electron chi connectivity index (χ2n) is 4.79. The predicted octanol–water partition coefficient (Wildman–Crippen LogP) is 1.38. The Morgan fingerprint density at radius 1 is 1.09 bits per heavy atom. The molecule has 1 aromatic carbocycles.